The molecule has 1 heterocycles. The van der Waals surface area contributed by atoms with Crippen molar-refractivity contribution in [1.82, 2.24) is 0 Å². The molecule has 0 fully saturated rings. The summed E-state index contributed by atoms with van der Waals surface area (Å²) in [6, 6.07) is 5.67. The van der Waals surface area contributed by atoms with Crippen molar-refractivity contribution in [2.75, 3.05) is 5.84 Å². The maximum atomic E-state index is 5.27. The van der Waals surface area contributed by atoms with E-state index in [1.54, 1.807) is 12.4 Å². The van der Waals surface area contributed by atoms with Gasteiger partial charge in [0.15, 0.2) is 12.4 Å². The van der Waals surface area contributed by atoms with Gasteiger partial charge in [0.1, 0.15) is 0 Å². The number of nitrogens with zero attached hydrogens (tertiary/aromatic N) is 1. The van der Waals surface area contributed by atoms with Gasteiger partial charge in [-0.05, 0) is 0 Å². The van der Waals surface area contributed by atoms with Crippen LogP contribution in [0.4, 0.5) is 0 Å². The van der Waals surface area contributed by atoms with E-state index in [1.165, 1.54) is 4.68 Å². The van der Waals surface area contributed by atoms with Crippen LogP contribution in [-0.2, 0) is 0 Å². The fraction of sp³-hybridized carbons (Fsp3) is 0. The van der Waals surface area contributed by atoms with Crippen LogP contribution >= 0.6 is 0 Å². The second kappa shape index (κ2) is 2.98. The van der Waals surface area contributed by atoms with Gasteiger partial charge in [0, 0.05) is 12.1 Å². The highest BCUT2D eigenvalue weighted by molar-refractivity contribution is 4.83. The first kappa shape index (κ1) is 6.91. The predicted octanol–water partition coefficient (Wildman–Crippen LogP) is -0.489. The van der Waals surface area contributed by atoms with Gasteiger partial charge >= 0.3 is 0 Å². The summed E-state index contributed by atoms with van der Waals surface area (Å²) in [4.78, 5) is 0. The molecular formula is C5H8N2O. The fourth-order valence-corrected chi connectivity index (χ4v) is 0.412. The lowest BCUT2D eigenvalue weighted by Gasteiger charge is -1.76. The topological polar surface area (TPSA) is 59.9 Å². The molecule has 0 saturated carbocycles. The van der Waals surface area contributed by atoms with E-state index in [-0.39, 0.29) is 5.48 Å². The van der Waals surface area contributed by atoms with Gasteiger partial charge in [-0.15, -0.1) is 0 Å². The van der Waals surface area contributed by atoms with E-state index in [0.29, 0.717) is 0 Å². The van der Waals surface area contributed by atoms with Crippen molar-refractivity contribution in [2.24, 2.45) is 0 Å². The number of hydrogen-bond donors (Lipinski definition) is 1. The minimum atomic E-state index is 0. The Morgan fingerprint density at radius 1 is 1.00 bits per heavy atom. The number of hydrogen-bond acceptors (Lipinski definition) is 2. The van der Waals surface area contributed by atoms with Crippen LogP contribution in [-0.4, -0.2) is 5.48 Å². The van der Waals surface area contributed by atoms with Gasteiger partial charge in [0.2, 0.25) is 0 Å². The highest BCUT2D eigenvalue weighted by Gasteiger charge is 1.79. The Labute approximate surface area is 47.7 Å². The normalized spacial score (nSPS) is 7.50. The Balaban J connectivity index is 0.000000490. The zero-order valence-electron chi connectivity index (χ0n) is 4.36. The molecule has 0 amide bonds. The minimum Gasteiger partial charge on any atom is -0.870 e. The lowest BCUT2D eigenvalue weighted by Crippen LogP contribution is -2.42. The van der Waals surface area contributed by atoms with Gasteiger partial charge in [-0.3, -0.25) is 0 Å². The number of nitrogens with two attached hydrogens (primary N) is 1. The Kier molecular flexibility index (Phi) is 2.58. The summed E-state index contributed by atoms with van der Waals surface area (Å²) in [6.45, 7) is 0. The Morgan fingerprint density at radius 2 is 1.50 bits per heavy atom. The number of nitrogen functional groups attached to an aromatic ring is 1. The smallest absolute Gasteiger partial charge is 0.199 e. The highest BCUT2D eigenvalue weighted by atomic mass is 16.0. The van der Waals surface area contributed by atoms with Crippen LogP contribution in [0.1, 0.15) is 0 Å². The van der Waals surface area contributed by atoms with Crippen LogP contribution in [0.15, 0.2) is 30.6 Å². The lowest BCUT2D eigenvalue weighted by molar-refractivity contribution is -0.638. The number of aromatic nitrogens is 1. The van der Waals surface area contributed by atoms with Crippen molar-refractivity contribution in [3.63, 3.8) is 0 Å². The zero-order valence-corrected chi connectivity index (χ0v) is 4.36. The molecular weight excluding hydrogens is 104 g/mol. The average molecular weight is 112 g/mol. The van der Waals surface area contributed by atoms with Crippen LogP contribution in [0.5, 0.6) is 0 Å². The molecule has 0 atom stereocenters. The first-order valence-corrected chi connectivity index (χ1v) is 2.11. The van der Waals surface area contributed by atoms with E-state index >= 15 is 0 Å². The quantitative estimate of drug-likeness (QED) is 0.363. The molecule has 1 aromatic rings. The van der Waals surface area contributed by atoms with Crippen LogP contribution in [0.2, 0.25) is 0 Å². The molecule has 0 aromatic carbocycles. The molecule has 0 saturated heterocycles. The van der Waals surface area contributed by atoms with Crippen molar-refractivity contribution in [3.8, 4) is 0 Å². The molecule has 0 spiro atoms. The van der Waals surface area contributed by atoms with Crippen molar-refractivity contribution in [3.05, 3.63) is 30.6 Å². The summed E-state index contributed by atoms with van der Waals surface area (Å²) in [5.74, 6) is 5.27. The first-order valence-electron chi connectivity index (χ1n) is 2.11. The molecule has 3 N–H and O–H groups in total. The second-order valence-electron chi connectivity index (χ2n) is 1.32. The van der Waals surface area contributed by atoms with Crippen LogP contribution in [0.25, 0.3) is 0 Å². The zero-order chi connectivity index (χ0) is 5.11. The monoisotopic (exact) mass is 112 g/mol. The van der Waals surface area contributed by atoms with Gasteiger partial charge in [-0.25, -0.2) is 5.84 Å². The van der Waals surface area contributed by atoms with Crippen LogP contribution in [0, 0.1) is 0 Å². The third kappa shape index (κ3) is 1.57. The van der Waals surface area contributed by atoms with E-state index in [0.717, 1.165) is 0 Å². The largest absolute Gasteiger partial charge is 0.870 e. The fourth-order valence-electron chi connectivity index (χ4n) is 0.412. The van der Waals surface area contributed by atoms with Crippen LogP contribution < -0.4 is 10.5 Å². The molecule has 8 heavy (non-hydrogen) atoms. The van der Waals surface area contributed by atoms with E-state index in [1.807, 2.05) is 18.2 Å². The van der Waals surface area contributed by atoms with Crippen molar-refractivity contribution in [2.45, 2.75) is 0 Å². The summed E-state index contributed by atoms with van der Waals surface area (Å²) < 4.78 is 1.50. The highest BCUT2D eigenvalue weighted by Crippen LogP contribution is 1.70. The van der Waals surface area contributed by atoms with Gasteiger partial charge in [0.05, 0.1) is 0 Å². The predicted molar refractivity (Wildman–Crippen MR) is 28.7 cm³/mol. The summed E-state index contributed by atoms with van der Waals surface area (Å²) in [6.07, 6.45) is 3.56. The number of rotatable bonds is 0. The molecule has 0 aliphatic rings. The first-order chi connectivity index (χ1) is 3.39. The summed E-state index contributed by atoms with van der Waals surface area (Å²) >= 11 is 0. The van der Waals surface area contributed by atoms with E-state index in [4.69, 9.17) is 5.84 Å². The Hall–Kier alpha value is -1.09. The van der Waals surface area contributed by atoms with Crippen molar-refractivity contribution in [1.29, 1.82) is 0 Å². The summed E-state index contributed by atoms with van der Waals surface area (Å²) in [5, 5.41) is 0. The van der Waals surface area contributed by atoms with Gasteiger partial charge in [-0.2, -0.15) is 0 Å². The molecule has 0 bridgehead atoms. The molecule has 44 valence electrons. The maximum Gasteiger partial charge on any atom is 0.199 e. The van der Waals surface area contributed by atoms with Gasteiger partial charge < -0.3 is 5.48 Å². The maximum absolute atomic E-state index is 5.27. The minimum absolute atomic E-state index is 0. The SMILES string of the molecule is N[n+]1ccccc1.[OH-]. The third-order valence-electron chi connectivity index (χ3n) is 0.739. The Bertz CT molecular complexity index is 140. The molecule has 0 aliphatic heterocycles. The average Bonchev–Trinajstić information content (AvgIpc) is 1.69. The molecule has 0 radical (unpaired) electrons. The third-order valence-corrected chi connectivity index (χ3v) is 0.739. The van der Waals surface area contributed by atoms with Crippen LogP contribution in [0.3, 0.4) is 0 Å². The van der Waals surface area contributed by atoms with E-state index in [9.17, 15) is 0 Å². The van der Waals surface area contributed by atoms with E-state index < -0.39 is 0 Å². The molecule has 3 heteroatoms. The molecule has 0 aliphatic carbocycles. The van der Waals surface area contributed by atoms with Gasteiger partial charge in [0.25, 0.3) is 0 Å². The van der Waals surface area contributed by atoms with Gasteiger partial charge in [-0.1, -0.05) is 10.7 Å². The Morgan fingerprint density at radius 3 is 1.75 bits per heavy atom. The summed E-state index contributed by atoms with van der Waals surface area (Å²) in [5.41, 5.74) is 0. The molecule has 0 unspecified atom stereocenters. The van der Waals surface area contributed by atoms with Crippen molar-refractivity contribution < 1.29 is 10.2 Å². The molecule has 3 nitrogen and oxygen atoms in total. The second-order valence-corrected chi connectivity index (χ2v) is 1.32. The standard InChI is InChI=1S/C5H7N2.H2O/c6-7-4-2-1-3-5-7;/h1-5H,6H2;1H2/q+1;/p-1. The van der Waals surface area contributed by atoms with Crippen molar-refractivity contribution >= 4 is 0 Å². The molecule has 1 aromatic heterocycles. The number of pyridine rings is 1. The van der Waals surface area contributed by atoms with E-state index in [2.05, 4.69) is 0 Å². The lowest BCUT2D eigenvalue weighted by atomic mass is 10.5. The molecule has 1 rings (SSSR count). The summed E-state index contributed by atoms with van der Waals surface area (Å²) in [7, 11) is 0.